The molecule has 1 spiro atoms. The SMILES string of the molecule is Cc1c[nH]c(/C(=N/N)C2CC3(CC(NC(=O)OC(C)(C)C)C3)C2)c1. The first kappa shape index (κ1) is 16.9. The van der Waals surface area contributed by atoms with Crippen molar-refractivity contribution in [3.05, 3.63) is 23.5 Å². The van der Waals surface area contributed by atoms with E-state index in [2.05, 4.69) is 28.4 Å². The number of hydrogen-bond acceptors (Lipinski definition) is 4. The molecule has 132 valence electrons. The number of amides is 1. The predicted octanol–water partition coefficient (Wildman–Crippen LogP) is 3.07. The van der Waals surface area contributed by atoms with Crippen LogP contribution < -0.4 is 11.2 Å². The Morgan fingerprint density at radius 3 is 2.54 bits per heavy atom. The van der Waals surface area contributed by atoms with Crippen LogP contribution in [0.2, 0.25) is 0 Å². The van der Waals surface area contributed by atoms with Crippen LogP contribution >= 0.6 is 0 Å². The number of rotatable bonds is 3. The van der Waals surface area contributed by atoms with Crippen molar-refractivity contribution in [2.45, 2.75) is 65.0 Å². The zero-order valence-corrected chi connectivity index (χ0v) is 15.0. The standard InChI is InChI=1S/C18H28N4O2/c1-11-5-14(20-10-11)15(22-19)12-6-18(7-12)8-13(9-18)21-16(23)24-17(2,3)4/h5,10,12-13,20H,6-9,19H2,1-4H3,(H,21,23)/b22-15+. The van der Waals surface area contributed by atoms with Crippen molar-refractivity contribution in [1.82, 2.24) is 10.3 Å². The van der Waals surface area contributed by atoms with Crippen LogP contribution in [0.25, 0.3) is 0 Å². The number of nitrogens with one attached hydrogen (secondary N) is 2. The second-order valence-corrected chi connectivity index (χ2v) is 8.46. The van der Waals surface area contributed by atoms with Crippen molar-refractivity contribution >= 4 is 11.8 Å². The molecular weight excluding hydrogens is 304 g/mol. The Bertz CT molecular complexity index is 642. The number of hydrogen-bond donors (Lipinski definition) is 3. The van der Waals surface area contributed by atoms with Crippen LogP contribution in [0.4, 0.5) is 4.79 Å². The smallest absolute Gasteiger partial charge is 0.407 e. The summed E-state index contributed by atoms with van der Waals surface area (Å²) in [6, 6.07) is 2.32. The highest BCUT2D eigenvalue weighted by Gasteiger charge is 2.54. The summed E-state index contributed by atoms with van der Waals surface area (Å²) in [4.78, 5) is 15.1. The van der Waals surface area contributed by atoms with Gasteiger partial charge in [-0.25, -0.2) is 4.79 Å². The van der Waals surface area contributed by atoms with Crippen molar-refractivity contribution < 1.29 is 9.53 Å². The molecule has 0 saturated heterocycles. The molecule has 1 heterocycles. The third-order valence-electron chi connectivity index (χ3n) is 5.07. The topological polar surface area (TPSA) is 92.5 Å². The first-order valence-corrected chi connectivity index (χ1v) is 8.62. The number of alkyl carbamates (subject to hydrolysis) is 1. The Kier molecular flexibility index (Phi) is 4.10. The third kappa shape index (κ3) is 3.42. The minimum absolute atomic E-state index is 0.229. The van der Waals surface area contributed by atoms with Gasteiger partial charge in [-0.05, 0) is 70.4 Å². The highest BCUT2D eigenvalue weighted by atomic mass is 16.6. The zero-order chi connectivity index (χ0) is 17.5. The molecule has 6 heteroatoms. The van der Waals surface area contributed by atoms with E-state index in [0.717, 1.165) is 37.1 Å². The second kappa shape index (κ2) is 5.83. The number of hydrazone groups is 1. The summed E-state index contributed by atoms with van der Waals surface area (Å²) in [5.74, 6) is 6.03. The van der Waals surface area contributed by atoms with Gasteiger partial charge in [0, 0.05) is 18.2 Å². The summed E-state index contributed by atoms with van der Waals surface area (Å²) in [5, 5.41) is 6.99. The van der Waals surface area contributed by atoms with Gasteiger partial charge in [-0.1, -0.05) is 0 Å². The summed E-state index contributed by atoms with van der Waals surface area (Å²) in [6.07, 6.45) is 5.87. The maximum absolute atomic E-state index is 11.8. The lowest BCUT2D eigenvalue weighted by Crippen LogP contribution is -2.57. The molecule has 0 atom stereocenters. The Morgan fingerprint density at radius 1 is 1.38 bits per heavy atom. The van der Waals surface area contributed by atoms with Gasteiger partial charge in [0.2, 0.25) is 0 Å². The number of aromatic nitrogens is 1. The van der Waals surface area contributed by atoms with Crippen molar-refractivity contribution in [3.8, 4) is 0 Å². The monoisotopic (exact) mass is 332 g/mol. The molecular formula is C18H28N4O2. The van der Waals surface area contributed by atoms with Gasteiger partial charge in [0.1, 0.15) is 5.60 Å². The van der Waals surface area contributed by atoms with E-state index in [1.807, 2.05) is 27.0 Å². The number of aryl methyl sites for hydroxylation is 1. The molecule has 24 heavy (non-hydrogen) atoms. The normalized spacial score (nSPS) is 29.8. The van der Waals surface area contributed by atoms with Crippen LogP contribution in [0.5, 0.6) is 0 Å². The van der Waals surface area contributed by atoms with E-state index in [1.165, 1.54) is 5.56 Å². The molecule has 1 amide bonds. The molecule has 3 rings (SSSR count). The summed E-state index contributed by atoms with van der Waals surface area (Å²) < 4.78 is 5.31. The van der Waals surface area contributed by atoms with Crippen LogP contribution in [0.15, 0.2) is 17.4 Å². The fraction of sp³-hybridized carbons (Fsp3) is 0.667. The molecule has 2 aliphatic rings. The van der Waals surface area contributed by atoms with E-state index in [4.69, 9.17) is 10.6 Å². The largest absolute Gasteiger partial charge is 0.444 e. The number of H-pyrrole nitrogens is 1. The highest BCUT2D eigenvalue weighted by molar-refractivity contribution is 6.01. The molecule has 6 nitrogen and oxygen atoms in total. The maximum Gasteiger partial charge on any atom is 0.407 e. The number of carbonyl (C=O) groups is 1. The van der Waals surface area contributed by atoms with Crippen molar-refractivity contribution in [2.24, 2.45) is 22.3 Å². The average Bonchev–Trinajstić information content (AvgIpc) is 2.78. The number of carbonyl (C=O) groups excluding carboxylic acids is 1. The molecule has 0 aromatic carbocycles. The molecule has 0 bridgehead atoms. The summed E-state index contributed by atoms with van der Waals surface area (Å²) in [5.41, 5.74) is 3.08. The summed E-state index contributed by atoms with van der Waals surface area (Å²) in [7, 11) is 0. The quantitative estimate of drug-likeness (QED) is 0.451. The van der Waals surface area contributed by atoms with E-state index in [9.17, 15) is 4.79 Å². The van der Waals surface area contributed by atoms with Crippen LogP contribution in [-0.2, 0) is 4.74 Å². The molecule has 1 aromatic heterocycles. The lowest BCUT2D eigenvalue weighted by Gasteiger charge is -2.57. The van der Waals surface area contributed by atoms with Gasteiger partial charge >= 0.3 is 6.09 Å². The Hall–Kier alpha value is -1.98. The molecule has 2 fully saturated rings. The number of nitrogens with two attached hydrogens (primary N) is 1. The van der Waals surface area contributed by atoms with Crippen molar-refractivity contribution in [2.75, 3.05) is 0 Å². The first-order chi connectivity index (χ1) is 11.2. The number of ether oxygens (including phenoxy) is 1. The van der Waals surface area contributed by atoms with Crippen LogP contribution in [0.1, 0.15) is 57.7 Å². The van der Waals surface area contributed by atoms with Gasteiger partial charge in [0.05, 0.1) is 11.4 Å². The van der Waals surface area contributed by atoms with Crippen molar-refractivity contribution in [1.29, 1.82) is 0 Å². The minimum Gasteiger partial charge on any atom is -0.444 e. The summed E-state index contributed by atoms with van der Waals surface area (Å²) >= 11 is 0. The average molecular weight is 332 g/mol. The zero-order valence-electron chi connectivity index (χ0n) is 15.0. The molecule has 2 aliphatic carbocycles. The molecule has 4 N–H and O–H groups in total. The van der Waals surface area contributed by atoms with E-state index < -0.39 is 5.60 Å². The Morgan fingerprint density at radius 2 is 2.04 bits per heavy atom. The van der Waals surface area contributed by atoms with Crippen molar-refractivity contribution in [3.63, 3.8) is 0 Å². The molecule has 0 unspecified atom stereocenters. The fourth-order valence-corrected chi connectivity index (χ4v) is 4.12. The van der Waals surface area contributed by atoms with E-state index in [0.29, 0.717) is 11.3 Å². The molecule has 1 aromatic rings. The Labute approximate surface area is 143 Å². The molecule has 0 aliphatic heterocycles. The van der Waals surface area contributed by atoms with Gasteiger partial charge < -0.3 is 20.9 Å². The van der Waals surface area contributed by atoms with Gasteiger partial charge in [0.15, 0.2) is 0 Å². The van der Waals surface area contributed by atoms with Crippen LogP contribution in [0, 0.1) is 18.3 Å². The number of nitrogens with zero attached hydrogens (tertiary/aromatic N) is 1. The minimum atomic E-state index is -0.451. The van der Waals surface area contributed by atoms with E-state index in [1.54, 1.807) is 0 Å². The fourth-order valence-electron chi connectivity index (χ4n) is 4.12. The van der Waals surface area contributed by atoms with E-state index in [-0.39, 0.29) is 12.1 Å². The third-order valence-corrected chi connectivity index (χ3v) is 5.07. The highest BCUT2D eigenvalue weighted by Crippen LogP contribution is 2.59. The second-order valence-electron chi connectivity index (χ2n) is 8.46. The molecule has 0 radical (unpaired) electrons. The van der Waals surface area contributed by atoms with Gasteiger partial charge in [0.25, 0.3) is 0 Å². The first-order valence-electron chi connectivity index (χ1n) is 8.62. The van der Waals surface area contributed by atoms with Crippen LogP contribution in [0.3, 0.4) is 0 Å². The summed E-state index contributed by atoms with van der Waals surface area (Å²) in [6.45, 7) is 7.68. The van der Waals surface area contributed by atoms with Gasteiger partial charge in [-0.3, -0.25) is 0 Å². The van der Waals surface area contributed by atoms with Gasteiger partial charge in [-0.15, -0.1) is 0 Å². The maximum atomic E-state index is 11.8. The van der Waals surface area contributed by atoms with Crippen LogP contribution in [-0.4, -0.2) is 28.4 Å². The van der Waals surface area contributed by atoms with Gasteiger partial charge in [-0.2, -0.15) is 5.10 Å². The van der Waals surface area contributed by atoms with E-state index >= 15 is 0 Å². The lowest BCUT2D eigenvalue weighted by atomic mass is 9.49. The Balaban J connectivity index is 1.47. The number of aromatic amines is 1. The predicted molar refractivity (Wildman–Crippen MR) is 93.8 cm³/mol. The lowest BCUT2D eigenvalue weighted by molar-refractivity contribution is -0.0293. The molecule has 2 saturated carbocycles.